The van der Waals surface area contributed by atoms with Crippen molar-refractivity contribution in [3.05, 3.63) is 51.2 Å². The van der Waals surface area contributed by atoms with Crippen LogP contribution in [0.15, 0.2) is 29.6 Å². The van der Waals surface area contributed by atoms with Crippen molar-refractivity contribution in [3.8, 4) is 0 Å². The third-order valence-electron chi connectivity index (χ3n) is 2.95. The fraction of sp³-hybridized carbons (Fsp3) is 0.200. The van der Waals surface area contributed by atoms with E-state index in [1.165, 1.54) is 18.4 Å². The third-order valence-corrected chi connectivity index (χ3v) is 4.34. The Morgan fingerprint density at radius 3 is 2.52 bits per heavy atom. The summed E-state index contributed by atoms with van der Waals surface area (Å²) in [7, 11) is 1.31. The first-order valence-corrected chi connectivity index (χ1v) is 7.61. The van der Waals surface area contributed by atoms with Crippen molar-refractivity contribution in [3.63, 3.8) is 0 Å². The number of carbonyl (C=O) groups is 2. The number of anilines is 1. The van der Waals surface area contributed by atoms with Crippen LogP contribution in [0.1, 0.15) is 31.2 Å². The van der Waals surface area contributed by atoms with Gasteiger partial charge in [-0.05, 0) is 35.6 Å². The molecule has 1 heterocycles. The summed E-state index contributed by atoms with van der Waals surface area (Å²) in [5, 5.41) is 4.57. The average molecular weight is 324 g/mol. The molecule has 21 heavy (non-hydrogen) atoms. The number of carbonyl (C=O) groups excluding carboxylic acids is 2. The number of methoxy groups -OCH3 is 1. The van der Waals surface area contributed by atoms with Gasteiger partial charge in [-0.1, -0.05) is 12.1 Å². The molecule has 0 radical (unpaired) electrons. The van der Waals surface area contributed by atoms with Gasteiger partial charge in [0.05, 0.1) is 12.8 Å². The van der Waals surface area contributed by atoms with Crippen LogP contribution >= 0.6 is 22.9 Å². The highest BCUT2D eigenvalue weighted by Crippen LogP contribution is 2.28. The first kappa shape index (κ1) is 15.5. The number of alkyl halides is 1. The second kappa shape index (κ2) is 6.74. The molecule has 0 aliphatic carbocycles. The number of halogens is 1. The van der Waals surface area contributed by atoms with E-state index in [9.17, 15) is 9.59 Å². The molecule has 1 amide bonds. The van der Waals surface area contributed by atoms with Crippen LogP contribution in [0.4, 0.5) is 5.69 Å². The fourth-order valence-corrected chi connectivity index (χ4v) is 2.87. The van der Waals surface area contributed by atoms with Crippen molar-refractivity contribution in [1.82, 2.24) is 0 Å². The zero-order chi connectivity index (χ0) is 15.4. The molecule has 6 heteroatoms. The number of hydrogen-bond donors (Lipinski definition) is 1. The molecule has 0 saturated carbocycles. The lowest BCUT2D eigenvalue weighted by molar-refractivity contribution is 0.0607. The van der Waals surface area contributed by atoms with Crippen molar-refractivity contribution in [1.29, 1.82) is 0 Å². The van der Waals surface area contributed by atoms with Crippen LogP contribution in [0.2, 0.25) is 0 Å². The summed E-state index contributed by atoms with van der Waals surface area (Å²) in [6.07, 6.45) is 0. The number of rotatable bonds is 4. The lowest BCUT2D eigenvalue weighted by Crippen LogP contribution is -2.14. The fourth-order valence-electron chi connectivity index (χ4n) is 1.77. The van der Waals surface area contributed by atoms with Crippen LogP contribution in [0, 0.1) is 6.92 Å². The molecule has 110 valence electrons. The highest BCUT2D eigenvalue weighted by atomic mass is 35.5. The number of amides is 1. The molecular weight excluding hydrogens is 310 g/mol. The average Bonchev–Trinajstić information content (AvgIpc) is 2.87. The summed E-state index contributed by atoms with van der Waals surface area (Å²) < 4.78 is 4.71. The number of thiophene rings is 1. The lowest BCUT2D eigenvalue weighted by atomic mass is 10.1. The molecule has 0 spiro atoms. The van der Waals surface area contributed by atoms with Crippen molar-refractivity contribution in [2.45, 2.75) is 12.8 Å². The van der Waals surface area contributed by atoms with E-state index in [1.807, 2.05) is 6.92 Å². The summed E-state index contributed by atoms with van der Waals surface area (Å²) in [6, 6.07) is 6.99. The highest BCUT2D eigenvalue weighted by molar-refractivity contribution is 7.12. The topological polar surface area (TPSA) is 55.4 Å². The summed E-state index contributed by atoms with van der Waals surface area (Å²) in [5.74, 6) is -0.332. The second-order valence-corrected chi connectivity index (χ2v) is 5.55. The van der Waals surface area contributed by atoms with Gasteiger partial charge in [-0.2, -0.15) is 0 Å². The van der Waals surface area contributed by atoms with Crippen molar-refractivity contribution in [2.75, 3.05) is 12.4 Å². The predicted molar refractivity (Wildman–Crippen MR) is 84.3 cm³/mol. The molecule has 0 bridgehead atoms. The first-order chi connectivity index (χ1) is 10.1. The number of nitrogens with one attached hydrogen (secondary N) is 1. The van der Waals surface area contributed by atoms with Gasteiger partial charge in [-0.3, -0.25) is 4.79 Å². The molecule has 0 unspecified atom stereocenters. The van der Waals surface area contributed by atoms with Crippen LogP contribution in [0.5, 0.6) is 0 Å². The molecule has 1 N–H and O–H groups in total. The summed E-state index contributed by atoms with van der Waals surface area (Å²) >= 11 is 6.96. The highest BCUT2D eigenvalue weighted by Gasteiger charge is 2.19. The Bertz CT molecular complexity index is 664. The van der Waals surface area contributed by atoms with Gasteiger partial charge < -0.3 is 10.1 Å². The Labute approximate surface area is 131 Å². The molecule has 0 saturated heterocycles. The smallest absolute Gasteiger partial charge is 0.350 e. The minimum atomic E-state index is -0.458. The minimum Gasteiger partial charge on any atom is -0.465 e. The van der Waals surface area contributed by atoms with Gasteiger partial charge in [-0.25, -0.2) is 4.79 Å². The molecule has 0 aliphatic heterocycles. The van der Waals surface area contributed by atoms with Crippen molar-refractivity contribution in [2.24, 2.45) is 0 Å². The standard InChI is InChI=1S/C15H14ClNO3S/c1-9-8-21-13(15(19)20-2)12(9)17-14(18)11-5-3-10(7-16)4-6-11/h3-6,8H,7H2,1-2H3,(H,17,18). The Morgan fingerprint density at radius 2 is 1.95 bits per heavy atom. The lowest BCUT2D eigenvalue weighted by Gasteiger charge is -2.07. The first-order valence-electron chi connectivity index (χ1n) is 6.19. The van der Waals surface area contributed by atoms with Crippen molar-refractivity contribution < 1.29 is 14.3 Å². The van der Waals surface area contributed by atoms with Crippen LogP contribution < -0.4 is 5.32 Å². The summed E-state index contributed by atoms with van der Waals surface area (Å²) in [6.45, 7) is 1.83. The molecule has 2 aromatic rings. The quantitative estimate of drug-likeness (QED) is 0.687. The van der Waals surface area contributed by atoms with E-state index in [0.717, 1.165) is 11.1 Å². The minimum absolute atomic E-state index is 0.275. The van der Waals surface area contributed by atoms with E-state index in [4.69, 9.17) is 16.3 Å². The van der Waals surface area contributed by atoms with Gasteiger partial charge in [0, 0.05) is 11.4 Å². The van der Waals surface area contributed by atoms with Gasteiger partial charge in [0.2, 0.25) is 0 Å². The molecule has 1 aromatic heterocycles. The monoisotopic (exact) mass is 323 g/mol. The second-order valence-electron chi connectivity index (χ2n) is 4.40. The van der Waals surface area contributed by atoms with E-state index in [-0.39, 0.29) is 5.91 Å². The van der Waals surface area contributed by atoms with E-state index in [1.54, 1.807) is 29.6 Å². The van der Waals surface area contributed by atoms with E-state index in [0.29, 0.717) is 22.0 Å². The zero-order valence-corrected chi connectivity index (χ0v) is 13.2. The zero-order valence-electron chi connectivity index (χ0n) is 11.6. The van der Waals surface area contributed by atoms with Gasteiger partial charge >= 0.3 is 5.97 Å². The maximum Gasteiger partial charge on any atom is 0.350 e. The van der Waals surface area contributed by atoms with E-state index in [2.05, 4.69) is 5.32 Å². The van der Waals surface area contributed by atoms with E-state index >= 15 is 0 Å². The number of hydrogen-bond acceptors (Lipinski definition) is 4. The SMILES string of the molecule is COC(=O)c1scc(C)c1NC(=O)c1ccc(CCl)cc1. The molecule has 1 aromatic carbocycles. The number of ether oxygens (including phenoxy) is 1. The number of aryl methyl sites for hydroxylation is 1. The van der Waals surface area contributed by atoms with Gasteiger partial charge in [0.25, 0.3) is 5.91 Å². The molecule has 2 rings (SSSR count). The van der Waals surface area contributed by atoms with Gasteiger partial charge in [0.1, 0.15) is 4.88 Å². The number of benzene rings is 1. The maximum atomic E-state index is 12.2. The Kier molecular flexibility index (Phi) is 4.98. The Hall–Kier alpha value is -1.85. The normalized spacial score (nSPS) is 10.2. The molecule has 0 fully saturated rings. The van der Waals surface area contributed by atoms with Crippen LogP contribution in [0.25, 0.3) is 0 Å². The van der Waals surface area contributed by atoms with Crippen LogP contribution in [0.3, 0.4) is 0 Å². The van der Waals surface area contributed by atoms with Crippen LogP contribution in [-0.4, -0.2) is 19.0 Å². The van der Waals surface area contributed by atoms with E-state index < -0.39 is 5.97 Å². The van der Waals surface area contributed by atoms with Gasteiger partial charge in [0.15, 0.2) is 0 Å². The maximum absolute atomic E-state index is 12.2. The Morgan fingerprint density at radius 1 is 1.29 bits per heavy atom. The molecule has 4 nitrogen and oxygen atoms in total. The van der Waals surface area contributed by atoms with Gasteiger partial charge in [-0.15, -0.1) is 22.9 Å². The van der Waals surface area contributed by atoms with Crippen molar-refractivity contribution >= 4 is 40.5 Å². The summed E-state index contributed by atoms with van der Waals surface area (Å²) in [5.41, 5.74) is 2.77. The molecular formula is C15H14ClNO3S. The molecule has 0 atom stereocenters. The predicted octanol–water partition coefficient (Wildman–Crippen LogP) is 3.83. The van der Waals surface area contributed by atoms with Crippen LogP contribution in [-0.2, 0) is 10.6 Å². The largest absolute Gasteiger partial charge is 0.465 e. The third kappa shape index (κ3) is 3.43. The molecule has 0 aliphatic rings. The number of esters is 1. The summed E-state index contributed by atoms with van der Waals surface area (Å²) in [4.78, 5) is 24.3. The Balaban J connectivity index is 2.23.